The Morgan fingerprint density at radius 2 is 1.24 bits per heavy atom. The van der Waals surface area contributed by atoms with E-state index in [-0.39, 0.29) is 19.4 Å². The Bertz CT molecular complexity index is 968. The smallest absolute Gasteiger partial charge is 0.328 e. The average molecular weight is 471 g/mol. The molecule has 0 fully saturated rings. The molecular weight excluding hydrogens is 440 g/mol. The summed E-state index contributed by atoms with van der Waals surface area (Å²) in [7, 11) is 0. The van der Waals surface area contributed by atoms with Gasteiger partial charge in [-0.1, -0.05) is 60.7 Å². The van der Waals surface area contributed by atoms with Gasteiger partial charge in [0.1, 0.15) is 12.1 Å². The van der Waals surface area contributed by atoms with Gasteiger partial charge in [-0.25, -0.2) is 4.79 Å². The van der Waals surface area contributed by atoms with Crippen LogP contribution < -0.4 is 21.7 Å². The minimum absolute atomic E-state index is 0.0630. The molecule has 0 aliphatic heterocycles. The van der Waals surface area contributed by atoms with Crippen molar-refractivity contribution < 1.29 is 29.4 Å². The van der Waals surface area contributed by atoms with Gasteiger partial charge in [0.25, 0.3) is 0 Å². The summed E-state index contributed by atoms with van der Waals surface area (Å²) in [4.78, 5) is 49.5. The summed E-state index contributed by atoms with van der Waals surface area (Å²) in [5.74, 6) is -3.37. The van der Waals surface area contributed by atoms with E-state index in [1.807, 2.05) is 6.07 Å². The number of carboxylic acids is 1. The van der Waals surface area contributed by atoms with E-state index in [1.54, 1.807) is 54.6 Å². The fourth-order valence-electron chi connectivity index (χ4n) is 3.29. The van der Waals surface area contributed by atoms with Crippen LogP contribution in [-0.4, -0.2) is 64.7 Å². The zero-order chi connectivity index (χ0) is 25.1. The van der Waals surface area contributed by atoms with E-state index >= 15 is 0 Å². The van der Waals surface area contributed by atoms with Gasteiger partial charge in [0.05, 0.1) is 12.6 Å². The van der Waals surface area contributed by atoms with Crippen LogP contribution in [0.25, 0.3) is 0 Å². The largest absolute Gasteiger partial charge is 0.480 e. The minimum Gasteiger partial charge on any atom is -0.480 e. The van der Waals surface area contributed by atoms with E-state index in [0.717, 1.165) is 11.1 Å². The molecule has 0 aromatic heterocycles. The van der Waals surface area contributed by atoms with Crippen LogP contribution in [0.3, 0.4) is 0 Å². The lowest BCUT2D eigenvalue weighted by atomic mass is 10.0. The molecule has 0 aliphatic rings. The first-order valence-corrected chi connectivity index (χ1v) is 10.8. The molecule has 182 valence electrons. The molecule has 0 saturated carbocycles. The number of carbonyl (C=O) groups excluding carboxylic acids is 3. The molecule has 0 aliphatic carbocycles. The highest BCUT2D eigenvalue weighted by molar-refractivity contribution is 5.94. The molecule has 0 bridgehead atoms. The number of nitrogens with two attached hydrogens (primary N) is 1. The highest BCUT2D eigenvalue weighted by Crippen LogP contribution is 2.08. The molecule has 34 heavy (non-hydrogen) atoms. The van der Waals surface area contributed by atoms with Gasteiger partial charge < -0.3 is 31.9 Å². The molecule has 4 atom stereocenters. The van der Waals surface area contributed by atoms with Crippen molar-refractivity contribution in [1.29, 1.82) is 0 Å². The Hall–Kier alpha value is -3.76. The van der Waals surface area contributed by atoms with Crippen molar-refractivity contribution >= 4 is 23.7 Å². The fourth-order valence-corrected chi connectivity index (χ4v) is 3.29. The Balaban J connectivity index is 2.26. The zero-order valence-electron chi connectivity index (χ0n) is 18.8. The Morgan fingerprint density at radius 3 is 1.65 bits per heavy atom. The third-order valence-corrected chi connectivity index (χ3v) is 5.08. The zero-order valence-corrected chi connectivity index (χ0v) is 18.8. The van der Waals surface area contributed by atoms with Crippen LogP contribution in [-0.2, 0) is 32.0 Å². The molecule has 2 aromatic carbocycles. The van der Waals surface area contributed by atoms with Crippen molar-refractivity contribution in [2.45, 2.75) is 44.0 Å². The standard InChI is InChI=1S/C24H30N4O6/c1-15(29)21(24(33)34)28-23(32)19(13-17-10-6-3-7-11-17)27-22(31)18(26-20(30)14-25)12-16-8-4-2-5-9-16/h2-11,15,18-19,21,29H,12-14,25H2,1H3,(H,26,30)(H,27,31)(H,28,32)(H,33,34). The number of carboxylic acid groups (broad SMARTS) is 1. The Labute approximate surface area is 197 Å². The molecule has 3 amide bonds. The summed E-state index contributed by atoms with van der Waals surface area (Å²) < 4.78 is 0. The van der Waals surface area contributed by atoms with Crippen LogP contribution in [0.4, 0.5) is 0 Å². The summed E-state index contributed by atoms with van der Waals surface area (Å²) in [6.45, 7) is 0.920. The summed E-state index contributed by atoms with van der Waals surface area (Å²) in [6, 6.07) is 14.1. The highest BCUT2D eigenvalue weighted by atomic mass is 16.4. The van der Waals surface area contributed by atoms with Crippen LogP contribution in [0.5, 0.6) is 0 Å². The number of aliphatic hydroxyl groups excluding tert-OH is 1. The van der Waals surface area contributed by atoms with E-state index in [1.165, 1.54) is 6.92 Å². The molecule has 0 saturated heterocycles. The van der Waals surface area contributed by atoms with Gasteiger partial charge in [-0.3, -0.25) is 14.4 Å². The normalized spacial score (nSPS) is 14.2. The molecule has 2 rings (SSSR count). The van der Waals surface area contributed by atoms with E-state index in [4.69, 9.17) is 5.73 Å². The second-order valence-corrected chi connectivity index (χ2v) is 7.83. The number of hydrogen-bond acceptors (Lipinski definition) is 6. The lowest BCUT2D eigenvalue weighted by Gasteiger charge is -2.25. The first kappa shape index (κ1) is 26.5. The van der Waals surface area contributed by atoms with Crippen LogP contribution in [0.1, 0.15) is 18.1 Å². The summed E-state index contributed by atoms with van der Waals surface area (Å²) in [5, 5.41) is 26.5. The van der Waals surface area contributed by atoms with Crippen LogP contribution in [0.2, 0.25) is 0 Å². The van der Waals surface area contributed by atoms with Crippen LogP contribution in [0, 0.1) is 0 Å². The number of aliphatic hydroxyl groups is 1. The molecule has 0 radical (unpaired) electrons. The van der Waals surface area contributed by atoms with E-state index in [9.17, 15) is 29.4 Å². The number of rotatable bonds is 12. The van der Waals surface area contributed by atoms with Crippen molar-refractivity contribution in [3.05, 3.63) is 71.8 Å². The molecule has 7 N–H and O–H groups in total. The Kier molecular flexibility index (Phi) is 10.2. The Morgan fingerprint density at radius 1 is 0.794 bits per heavy atom. The molecule has 10 heteroatoms. The number of aliphatic carboxylic acids is 1. The monoisotopic (exact) mass is 470 g/mol. The maximum absolute atomic E-state index is 13.1. The minimum atomic E-state index is -1.56. The van der Waals surface area contributed by atoms with Gasteiger partial charge in [-0.05, 0) is 18.1 Å². The number of nitrogens with one attached hydrogen (secondary N) is 3. The number of benzene rings is 2. The lowest BCUT2D eigenvalue weighted by molar-refractivity contribution is -0.145. The number of amides is 3. The summed E-state index contributed by atoms with van der Waals surface area (Å²) in [5.41, 5.74) is 6.89. The van der Waals surface area contributed by atoms with Gasteiger partial charge in [0.2, 0.25) is 17.7 Å². The average Bonchev–Trinajstić information content (AvgIpc) is 2.82. The maximum atomic E-state index is 13.1. The topological polar surface area (TPSA) is 171 Å². The molecule has 0 spiro atoms. The van der Waals surface area contributed by atoms with Crippen LogP contribution >= 0.6 is 0 Å². The summed E-state index contributed by atoms with van der Waals surface area (Å²) in [6.07, 6.45) is -1.14. The van der Waals surface area contributed by atoms with E-state index < -0.39 is 47.9 Å². The van der Waals surface area contributed by atoms with Crippen LogP contribution in [0.15, 0.2) is 60.7 Å². The van der Waals surface area contributed by atoms with Gasteiger partial charge in [-0.15, -0.1) is 0 Å². The lowest BCUT2D eigenvalue weighted by Crippen LogP contribution is -2.58. The maximum Gasteiger partial charge on any atom is 0.328 e. The second-order valence-electron chi connectivity index (χ2n) is 7.83. The van der Waals surface area contributed by atoms with Crippen molar-refractivity contribution in [2.24, 2.45) is 5.73 Å². The van der Waals surface area contributed by atoms with Crippen molar-refractivity contribution in [3.8, 4) is 0 Å². The third-order valence-electron chi connectivity index (χ3n) is 5.08. The van der Waals surface area contributed by atoms with E-state index in [2.05, 4.69) is 16.0 Å². The van der Waals surface area contributed by atoms with Gasteiger partial charge in [0.15, 0.2) is 6.04 Å². The molecule has 10 nitrogen and oxygen atoms in total. The van der Waals surface area contributed by atoms with Crippen molar-refractivity contribution in [3.63, 3.8) is 0 Å². The number of carbonyl (C=O) groups is 4. The second kappa shape index (κ2) is 13.1. The van der Waals surface area contributed by atoms with E-state index in [0.29, 0.717) is 0 Å². The fraction of sp³-hybridized carbons (Fsp3) is 0.333. The molecule has 4 unspecified atom stereocenters. The first-order chi connectivity index (χ1) is 16.2. The SMILES string of the molecule is CC(O)C(NC(=O)C(Cc1ccccc1)NC(=O)C(Cc1ccccc1)NC(=O)CN)C(=O)O. The van der Waals surface area contributed by atoms with Gasteiger partial charge >= 0.3 is 5.97 Å². The van der Waals surface area contributed by atoms with Crippen molar-refractivity contribution in [1.82, 2.24) is 16.0 Å². The van der Waals surface area contributed by atoms with Gasteiger partial charge in [0, 0.05) is 12.8 Å². The predicted molar refractivity (Wildman–Crippen MR) is 124 cm³/mol. The third kappa shape index (κ3) is 8.30. The number of hydrogen-bond donors (Lipinski definition) is 6. The quantitative estimate of drug-likeness (QED) is 0.239. The predicted octanol–water partition coefficient (Wildman–Crippen LogP) is -0.650. The molecule has 2 aromatic rings. The molecule has 0 heterocycles. The first-order valence-electron chi connectivity index (χ1n) is 10.8. The summed E-state index contributed by atoms with van der Waals surface area (Å²) >= 11 is 0. The van der Waals surface area contributed by atoms with Crippen molar-refractivity contribution in [2.75, 3.05) is 6.54 Å². The molecular formula is C24H30N4O6. The van der Waals surface area contributed by atoms with Gasteiger partial charge in [-0.2, -0.15) is 0 Å². The highest BCUT2D eigenvalue weighted by Gasteiger charge is 2.31.